The number of carbonyl (C=O) groups is 1. The number of nitrogens with one attached hydrogen (secondary N) is 1. The Labute approximate surface area is 123 Å². The number of aromatic nitrogens is 2. The Morgan fingerprint density at radius 3 is 2.80 bits per heavy atom. The van der Waals surface area contributed by atoms with E-state index in [1.165, 1.54) is 5.56 Å². The van der Waals surface area contributed by atoms with Gasteiger partial charge >= 0.3 is 0 Å². The van der Waals surface area contributed by atoms with Gasteiger partial charge in [0.2, 0.25) is 5.91 Å². The summed E-state index contributed by atoms with van der Waals surface area (Å²) in [5.41, 5.74) is 2.25. The van der Waals surface area contributed by atoms with Crippen molar-refractivity contribution in [1.82, 2.24) is 15.1 Å². The van der Waals surface area contributed by atoms with Crippen LogP contribution in [0.3, 0.4) is 0 Å². The van der Waals surface area contributed by atoms with Gasteiger partial charge in [-0.05, 0) is 25.0 Å². The van der Waals surface area contributed by atoms with Gasteiger partial charge < -0.3 is 5.32 Å². The fourth-order valence-corrected chi connectivity index (χ4v) is 1.99. The molecule has 0 aliphatic heterocycles. The minimum atomic E-state index is -0.518. The molecule has 2 rings (SSSR count). The van der Waals surface area contributed by atoms with Crippen LogP contribution < -0.4 is 5.32 Å². The number of rotatable bonds is 6. The number of carbonyl (C=O) groups excluding carboxylic acids is 1. The van der Waals surface area contributed by atoms with Gasteiger partial charge in [0.15, 0.2) is 0 Å². The lowest BCUT2D eigenvalue weighted by Crippen LogP contribution is -2.30. The summed E-state index contributed by atoms with van der Waals surface area (Å²) in [4.78, 5) is 11.5. The van der Waals surface area contributed by atoms with Gasteiger partial charge in [0.1, 0.15) is 5.38 Å². The number of nitrogens with zero attached hydrogens (tertiary/aromatic N) is 2. The van der Waals surface area contributed by atoms with Crippen LogP contribution >= 0.6 is 11.6 Å². The Kier molecular flexibility index (Phi) is 5.18. The third-order valence-corrected chi connectivity index (χ3v) is 3.26. The van der Waals surface area contributed by atoms with E-state index in [0.29, 0.717) is 6.54 Å². The van der Waals surface area contributed by atoms with E-state index in [1.807, 2.05) is 28.9 Å². The molecule has 1 aromatic heterocycles. The fourth-order valence-electron chi connectivity index (χ4n) is 1.91. The van der Waals surface area contributed by atoms with Crippen LogP contribution in [0, 0.1) is 0 Å². The normalized spacial score (nSPS) is 12.1. The average molecular weight is 292 g/mol. The zero-order chi connectivity index (χ0) is 14.4. The molecule has 0 spiro atoms. The van der Waals surface area contributed by atoms with Crippen molar-refractivity contribution in [3.8, 4) is 0 Å². The van der Waals surface area contributed by atoms with Gasteiger partial charge in [0.05, 0.1) is 12.2 Å². The zero-order valence-corrected chi connectivity index (χ0v) is 12.2. The van der Waals surface area contributed by atoms with Crippen molar-refractivity contribution in [1.29, 1.82) is 0 Å². The molecule has 1 heterocycles. The molecule has 5 heteroatoms. The molecule has 0 fully saturated rings. The lowest BCUT2D eigenvalue weighted by atomic mass is 10.1. The summed E-state index contributed by atoms with van der Waals surface area (Å²) in [7, 11) is 0. The van der Waals surface area contributed by atoms with Crippen LogP contribution in [0.2, 0.25) is 0 Å². The van der Waals surface area contributed by atoms with Gasteiger partial charge in [-0.15, -0.1) is 11.6 Å². The first-order valence-electron chi connectivity index (χ1n) is 6.63. The monoisotopic (exact) mass is 291 g/mol. The van der Waals surface area contributed by atoms with Crippen molar-refractivity contribution in [3.63, 3.8) is 0 Å². The predicted molar refractivity (Wildman–Crippen MR) is 79.5 cm³/mol. The van der Waals surface area contributed by atoms with Gasteiger partial charge in [-0.3, -0.25) is 9.48 Å². The summed E-state index contributed by atoms with van der Waals surface area (Å²) >= 11 is 5.71. The molecule has 106 valence electrons. The Morgan fingerprint density at radius 2 is 2.10 bits per heavy atom. The van der Waals surface area contributed by atoms with E-state index in [9.17, 15) is 4.79 Å². The molecule has 1 N–H and O–H groups in total. The van der Waals surface area contributed by atoms with Gasteiger partial charge in [0.25, 0.3) is 0 Å². The first-order valence-corrected chi connectivity index (χ1v) is 7.07. The van der Waals surface area contributed by atoms with E-state index in [0.717, 1.165) is 18.7 Å². The highest BCUT2D eigenvalue weighted by Gasteiger charge is 2.10. The number of amides is 1. The SMILES string of the molecule is CC(Cl)C(=O)NCc1ccnn1CCc1ccccc1. The third-order valence-electron chi connectivity index (χ3n) is 3.06. The molecular weight excluding hydrogens is 274 g/mol. The van der Waals surface area contributed by atoms with Gasteiger partial charge in [0, 0.05) is 12.7 Å². The molecule has 0 radical (unpaired) electrons. The second kappa shape index (κ2) is 7.10. The number of hydrogen-bond donors (Lipinski definition) is 1. The summed E-state index contributed by atoms with van der Waals surface area (Å²) in [6.07, 6.45) is 2.66. The molecule has 1 unspecified atom stereocenters. The highest BCUT2D eigenvalue weighted by Crippen LogP contribution is 2.05. The molecule has 0 saturated heterocycles. The second-order valence-corrected chi connectivity index (χ2v) is 5.27. The van der Waals surface area contributed by atoms with Crippen LogP contribution in [0.25, 0.3) is 0 Å². The molecule has 1 aromatic carbocycles. The van der Waals surface area contributed by atoms with Crippen LogP contribution in [-0.2, 0) is 24.3 Å². The van der Waals surface area contributed by atoms with Crippen LogP contribution in [0.4, 0.5) is 0 Å². The fraction of sp³-hybridized carbons (Fsp3) is 0.333. The lowest BCUT2D eigenvalue weighted by molar-refractivity contribution is -0.120. The van der Waals surface area contributed by atoms with Gasteiger partial charge in [-0.2, -0.15) is 5.10 Å². The van der Waals surface area contributed by atoms with Crippen molar-refractivity contribution in [3.05, 3.63) is 53.9 Å². The highest BCUT2D eigenvalue weighted by molar-refractivity contribution is 6.30. The lowest BCUT2D eigenvalue weighted by Gasteiger charge is -2.09. The molecule has 1 atom stereocenters. The molecule has 0 saturated carbocycles. The first-order chi connectivity index (χ1) is 9.66. The Balaban J connectivity index is 1.90. The molecule has 1 amide bonds. The summed E-state index contributed by atoms with van der Waals surface area (Å²) in [5.74, 6) is -0.164. The minimum absolute atomic E-state index is 0.164. The quantitative estimate of drug-likeness (QED) is 0.831. The minimum Gasteiger partial charge on any atom is -0.349 e. The van der Waals surface area contributed by atoms with Crippen LogP contribution in [0.5, 0.6) is 0 Å². The maximum absolute atomic E-state index is 11.5. The number of aryl methyl sites for hydroxylation is 2. The Morgan fingerprint density at radius 1 is 1.35 bits per heavy atom. The molecule has 20 heavy (non-hydrogen) atoms. The summed E-state index contributed by atoms with van der Waals surface area (Å²) in [6.45, 7) is 2.90. The Hall–Kier alpha value is -1.81. The first kappa shape index (κ1) is 14.6. The molecule has 4 nitrogen and oxygen atoms in total. The molecule has 2 aromatic rings. The number of hydrogen-bond acceptors (Lipinski definition) is 2. The van der Waals surface area contributed by atoms with Gasteiger partial charge in [-0.1, -0.05) is 30.3 Å². The van der Waals surface area contributed by atoms with Crippen molar-refractivity contribution in [2.45, 2.75) is 31.8 Å². The summed E-state index contributed by atoms with van der Waals surface area (Å²) < 4.78 is 1.91. The van der Waals surface area contributed by atoms with E-state index in [-0.39, 0.29) is 5.91 Å². The number of benzene rings is 1. The van der Waals surface area contributed by atoms with E-state index in [4.69, 9.17) is 11.6 Å². The standard InChI is InChI=1S/C15H18ClN3O/c1-12(16)15(20)17-11-14-7-9-18-19(14)10-8-13-5-3-2-4-6-13/h2-7,9,12H,8,10-11H2,1H3,(H,17,20). The number of alkyl halides is 1. The van der Waals surface area contributed by atoms with Crippen molar-refractivity contribution in [2.75, 3.05) is 0 Å². The molecular formula is C15H18ClN3O. The second-order valence-electron chi connectivity index (χ2n) is 4.62. The summed E-state index contributed by atoms with van der Waals surface area (Å²) in [6, 6.07) is 12.2. The molecule has 0 aliphatic rings. The van der Waals surface area contributed by atoms with Crippen molar-refractivity contribution < 1.29 is 4.79 Å². The van der Waals surface area contributed by atoms with E-state index >= 15 is 0 Å². The van der Waals surface area contributed by atoms with E-state index in [2.05, 4.69) is 22.5 Å². The zero-order valence-electron chi connectivity index (χ0n) is 11.4. The highest BCUT2D eigenvalue weighted by atomic mass is 35.5. The average Bonchev–Trinajstić information content (AvgIpc) is 2.91. The molecule has 0 aliphatic carbocycles. The van der Waals surface area contributed by atoms with E-state index < -0.39 is 5.38 Å². The van der Waals surface area contributed by atoms with E-state index in [1.54, 1.807) is 13.1 Å². The van der Waals surface area contributed by atoms with Crippen molar-refractivity contribution >= 4 is 17.5 Å². The Bertz CT molecular complexity index is 551. The van der Waals surface area contributed by atoms with Crippen LogP contribution in [-0.4, -0.2) is 21.1 Å². The van der Waals surface area contributed by atoms with Gasteiger partial charge in [-0.25, -0.2) is 0 Å². The third kappa shape index (κ3) is 4.10. The van der Waals surface area contributed by atoms with Crippen LogP contribution in [0.1, 0.15) is 18.2 Å². The molecule has 0 bridgehead atoms. The van der Waals surface area contributed by atoms with Crippen molar-refractivity contribution in [2.24, 2.45) is 0 Å². The predicted octanol–water partition coefficient (Wildman–Crippen LogP) is 2.37. The largest absolute Gasteiger partial charge is 0.349 e. The number of halogens is 1. The maximum Gasteiger partial charge on any atom is 0.238 e. The smallest absolute Gasteiger partial charge is 0.238 e. The van der Waals surface area contributed by atoms with Crippen LogP contribution in [0.15, 0.2) is 42.6 Å². The summed E-state index contributed by atoms with van der Waals surface area (Å²) in [5, 5.41) is 6.56. The maximum atomic E-state index is 11.5. The topological polar surface area (TPSA) is 46.9 Å².